The lowest BCUT2D eigenvalue weighted by atomic mass is 10.2. The maximum absolute atomic E-state index is 11.3. The van der Waals surface area contributed by atoms with E-state index in [0.717, 1.165) is 0 Å². The van der Waals surface area contributed by atoms with Crippen LogP contribution in [-0.2, 0) is 0 Å². The smallest absolute Gasteiger partial charge is 0.353 e. The van der Waals surface area contributed by atoms with E-state index in [1.165, 1.54) is 10.6 Å². The molecule has 8 heteroatoms. The van der Waals surface area contributed by atoms with Crippen molar-refractivity contribution in [3.05, 3.63) is 41.1 Å². The van der Waals surface area contributed by atoms with Crippen molar-refractivity contribution in [3.8, 4) is 17.3 Å². The number of nitroso groups, excluding NO2 is 1. The van der Waals surface area contributed by atoms with Gasteiger partial charge in [0, 0.05) is 17.0 Å². The van der Waals surface area contributed by atoms with Gasteiger partial charge in [-0.3, -0.25) is 4.40 Å². The van der Waals surface area contributed by atoms with Gasteiger partial charge in [-0.25, -0.2) is 9.78 Å². The molecular formula is C14H8N4O4. The fourth-order valence-electron chi connectivity index (χ4n) is 2.72. The molecule has 8 nitrogen and oxygen atoms in total. The topological polar surface area (TPSA) is 120 Å². The van der Waals surface area contributed by atoms with Crippen LogP contribution in [0.3, 0.4) is 0 Å². The molecule has 0 saturated carbocycles. The first-order chi connectivity index (χ1) is 10.6. The lowest BCUT2D eigenvalue weighted by Gasteiger charge is -2.05. The number of imidazole rings is 1. The van der Waals surface area contributed by atoms with E-state index in [-0.39, 0.29) is 22.9 Å². The monoisotopic (exact) mass is 296 g/mol. The molecule has 108 valence electrons. The molecule has 0 bridgehead atoms. The summed E-state index contributed by atoms with van der Waals surface area (Å²) in [6, 6.07) is 7.03. The number of aromatic nitrogens is 3. The molecule has 1 aromatic heterocycles. The van der Waals surface area contributed by atoms with Crippen LogP contribution in [0.5, 0.6) is 5.88 Å². The quantitative estimate of drug-likeness (QED) is 0.491. The summed E-state index contributed by atoms with van der Waals surface area (Å²) in [7, 11) is 0. The van der Waals surface area contributed by atoms with Crippen LogP contribution in [0.1, 0.15) is 10.5 Å². The third kappa shape index (κ3) is 1.40. The first-order valence-corrected chi connectivity index (χ1v) is 6.33. The van der Waals surface area contributed by atoms with Crippen molar-refractivity contribution in [1.82, 2.24) is 14.4 Å². The van der Waals surface area contributed by atoms with Crippen LogP contribution in [-0.4, -0.2) is 30.6 Å². The molecule has 0 unspecified atom stereocenters. The number of carboxylic acids is 1. The van der Waals surface area contributed by atoms with Crippen molar-refractivity contribution >= 4 is 28.1 Å². The van der Waals surface area contributed by atoms with Gasteiger partial charge < -0.3 is 15.2 Å². The Kier molecular flexibility index (Phi) is 2.27. The first-order valence-electron chi connectivity index (χ1n) is 6.33. The summed E-state index contributed by atoms with van der Waals surface area (Å²) < 4.78 is 1.39. The number of aromatic amines is 1. The van der Waals surface area contributed by atoms with Gasteiger partial charge in [0.1, 0.15) is 22.8 Å². The highest BCUT2D eigenvalue weighted by molar-refractivity contribution is 6.10. The summed E-state index contributed by atoms with van der Waals surface area (Å²) in [4.78, 5) is 29.0. The van der Waals surface area contributed by atoms with Crippen molar-refractivity contribution < 1.29 is 15.0 Å². The molecule has 0 spiro atoms. The Morgan fingerprint density at radius 2 is 2.00 bits per heavy atom. The number of aromatic hydroxyl groups is 1. The number of rotatable bonds is 2. The average Bonchev–Trinajstić information content (AvgIpc) is 3.07. The third-order valence-electron chi connectivity index (χ3n) is 3.63. The highest BCUT2D eigenvalue weighted by Crippen LogP contribution is 2.44. The molecule has 2 heterocycles. The number of carboxylic acid groups (broad SMARTS) is 1. The Morgan fingerprint density at radius 3 is 2.68 bits per heavy atom. The summed E-state index contributed by atoms with van der Waals surface area (Å²) in [5, 5.41) is 23.4. The maximum atomic E-state index is 11.3. The predicted octanol–water partition coefficient (Wildman–Crippen LogP) is 2.72. The molecule has 0 radical (unpaired) electrons. The summed E-state index contributed by atoms with van der Waals surface area (Å²) >= 11 is 0. The highest BCUT2D eigenvalue weighted by Gasteiger charge is 2.26. The van der Waals surface area contributed by atoms with Crippen molar-refractivity contribution in [2.45, 2.75) is 0 Å². The summed E-state index contributed by atoms with van der Waals surface area (Å²) in [6.07, 6.45) is 1.29. The van der Waals surface area contributed by atoms with Crippen molar-refractivity contribution in [2.24, 2.45) is 5.18 Å². The van der Waals surface area contributed by atoms with Gasteiger partial charge in [-0.1, -0.05) is 24.3 Å². The van der Waals surface area contributed by atoms with Crippen LogP contribution in [0.25, 0.3) is 27.8 Å². The van der Waals surface area contributed by atoms with E-state index in [9.17, 15) is 14.8 Å². The van der Waals surface area contributed by atoms with E-state index in [4.69, 9.17) is 5.11 Å². The fourth-order valence-corrected chi connectivity index (χ4v) is 2.72. The molecule has 2 aliphatic rings. The van der Waals surface area contributed by atoms with Gasteiger partial charge in [-0.2, -0.15) is 0 Å². The number of fused-ring (bicyclic) bond motifs is 5. The third-order valence-corrected chi connectivity index (χ3v) is 3.63. The zero-order valence-corrected chi connectivity index (χ0v) is 10.9. The predicted molar refractivity (Wildman–Crippen MR) is 77.7 cm³/mol. The second-order valence-electron chi connectivity index (χ2n) is 4.81. The van der Waals surface area contributed by atoms with Gasteiger partial charge in [-0.15, -0.1) is 4.91 Å². The number of nitrogens with one attached hydrogen (secondary N) is 1. The van der Waals surface area contributed by atoms with Gasteiger partial charge in [0.15, 0.2) is 5.65 Å². The Hall–Kier alpha value is -3.42. The number of nitrogens with zero attached hydrogens (tertiary/aromatic N) is 3. The Labute approximate surface area is 122 Å². The molecule has 0 amide bonds. The highest BCUT2D eigenvalue weighted by atomic mass is 16.4. The molecule has 0 fully saturated rings. The summed E-state index contributed by atoms with van der Waals surface area (Å²) in [5.41, 5.74) is 0.852. The molecule has 0 saturated heterocycles. The largest absolute Gasteiger partial charge is 0.491 e. The number of H-pyrrole nitrogens is 1. The summed E-state index contributed by atoms with van der Waals surface area (Å²) in [6.45, 7) is 0. The SMILES string of the molecule is O=Nc1c2n3cc(C(=O)O)[nH]c3c(O)nc-2c2ccccc12. The number of aromatic carboxylic acids is 1. The minimum atomic E-state index is -1.19. The van der Waals surface area contributed by atoms with Crippen LogP contribution in [0.2, 0.25) is 0 Å². The van der Waals surface area contributed by atoms with Crippen LogP contribution >= 0.6 is 0 Å². The fraction of sp³-hybridized carbons (Fsp3) is 0. The average molecular weight is 296 g/mol. The van der Waals surface area contributed by atoms with E-state index in [1.54, 1.807) is 24.3 Å². The minimum absolute atomic E-state index is 0.0881. The minimum Gasteiger partial charge on any atom is -0.491 e. The molecule has 22 heavy (non-hydrogen) atoms. The molecule has 3 N–H and O–H groups in total. The Bertz CT molecular complexity index is 1050. The lowest BCUT2D eigenvalue weighted by Crippen LogP contribution is -1.95. The van der Waals surface area contributed by atoms with E-state index >= 15 is 0 Å². The Balaban J connectivity index is 2.28. The molecule has 0 atom stereocenters. The second kappa shape index (κ2) is 4.04. The standard InChI is InChI=1S/C14H8N4O4/c19-13-12-15-8(14(20)21)5-18(12)11-9(16-13)6-3-1-2-4-7(6)10(11)17-22/h1-5,15,19H,(H,20,21). The molecular weight excluding hydrogens is 288 g/mol. The van der Waals surface area contributed by atoms with Gasteiger partial charge in [0.2, 0.25) is 0 Å². The van der Waals surface area contributed by atoms with E-state index < -0.39 is 5.97 Å². The lowest BCUT2D eigenvalue weighted by molar-refractivity contribution is 0.0691. The first kappa shape index (κ1) is 12.3. The zero-order valence-electron chi connectivity index (χ0n) is 10.9. The van der Waals surface area contributed by atoms with E-state index in [0.29, 0.717) is 22.2 Å². The number of hydrogen-bond donors (Lipinski definition) is 3. The van der Waals surface area contributed by atoms with Crippen molar-refractivity contribution in [1.29, 1.82) is 0 Å². The molecule has 1 aliphatic carbocycles. The van der Waals surface area contributed by atoms with Gasteiger partial charge in [-0.05, 0) is 5.18 Å². The number of benzene rings is 1. The molecule has 1 aliphatic heterocycles. The van der Waals surface area contributed by atoms with E-state index in [2.05, 4.69) is 15.1 Å². The van der Waals surface area contributed by atoms with Gasteiger partial charge in [0.25, 0.3) is 5.88 Å². The summed E-state index contributed by atoms with van der Waals surface area (Å²) in [5.74, 6) is -1.54. The van der Waals surface area contributed by atoms with Gasteiger partial charge >= 0.3 is 5.97 Å². The van der Waals surface area contributed by atoms with Crippen molar-refractivity contribution in [2.75, 3.05) is 0 Å². The van der Waals surface area contributed by atoms with Crippen LogP contribution in [0, 0.1) is 4.91 Å². The van der Waals surface area contributed by atoms with Gasteiger partial charge in [0.05, 0.1) is 0 Å². The normalized spacial score (nSPS) is 11.5. The number of carbonyl (C=O) groups is 1. The molecule has 4 rings (SSSR count). The zero-order chi connectivity index (χ0) is 15.4. The van der Waals surface area contributed by atoms with Crippen LogP contribution < -0.4 is 0 Å². The van der Waals surface area contributed by atoms with Crippen LogP contribution in [0.15, 0.2) is 35.6 Å². The van der Waals surface area contributed by atoms with Crippen molar-refractivity contribution in [3.63, 3.8) is 0 Å². The second-order valence-corrected chi connectivity index (χ2v) is 4.81. The molecule has 2 aromatic rings. The number of hydrogen-bond acceptors (Lipinski definition) is 5. The Morgan fingerprint density at radius 1 is 1.27 bits per heavy atom. The van der Waals surface area contributed by atoms with E-state index in [1.807, 2.05) is 0 Å². The maximum Gasteiger partial charge on any atom is 0.353 e. The molecule has 1 aromatic carbocycles. The van der Waals surface area contributed by atoms with Crippen LogP contribution in [0.4, 0.5) is 5.69 Å².